The van der Waals surface area contributed by atoms with Crippen molar-refractivity contribution < 1.29 is 0 Å². The molecule has 0 spiro atoms. The molecule has 16 heavy (non-hydrogen) atoms. The van der Waals surface area contributed by atoms with E-state index in [4.69, 9.17) is 23.2 Å². The molecule has 1 unspecified atom stereocenters. The number of halogens is 2. The van der Waals surface area contributed by atoms with Crippen LogP contribution in [0.3, 0.4) is 0 Å². The Morgan fingerprint density at radius 1 is 1.38 bits per heavy atom. The Kier molecular flexibility index (Phi) is 3.00. The topological polar surface area (TPSA) is 21.1 Å². The molecule has 2 rings (SSSR count). The zero-order valence-corrected chi connectivity index (χ0v) is 10.9. The predicted octanol–water partition coefficient (Wildman–Crippen LogP) is 3.19. The highest BCUT2D eigenvalue weighted by Crippen LogP contribution is 2.26. The second-order valence-corrected chi connectivity index (χ2v) is 4.97. The monoisotopic (exact) mass is 257 g/mol. The highest BCUT2D eigenvalue weighted by Gasteiger charge is 2.16. The first-order valence-electron chi connectivity index (χ1n) is 5.00. The Bertz CT molecular complexity index is 517. The van der Waals surface area contributed by atoms with Crippen molar-refractivity contribution in [2.75, 3.05) is 19.1 Å². The van der Waals surface area contributed by atoms with Crippen LogP contribution in [0.15, 0.2) is 18.2 Å². The molecular weight excluding hydrogens is 245 g/mol. The summed E-state index contributed by atoms with van der Waals surface area (Å²) in [4.78, 5) is 4.50. The van der Waals surface area contributed by atoms with Crippen LogP contribution in [0.4, 0.5) is 0 Å². The van der Waals surface area contributed by atoms with Gasteiger partial charge in [-0.1, -0.05) is 11.6 Å². The van der Waals surface area contributed by atoms with Crippen molar-refractivity contribution in [1.82, 2.24) is 9.66 Å². The SMILES string of the molecule is CC(Cl)c1nc2cc(Cl)ccc2n1N(C)C. The third kappa shape index (κ3) is 1.85. The minimum Gasteiger partial charge on any atom is -0.317 e. The Hall–Kier alpha value is -0.930. The Balaban J connectivity index is 2.75. The normalized spacial score (nSPS) is 13.1. The van der Waals surface area contributed by atoms with Gasteiger partial charge in [0.05, 0.1) is 16.4 Å². The number of hydrogen-bond acceptors (Lipinski definition) is 2. The average Bonchev–Trinajstić information content (AvgIpc) is 2.55. The van der Waals surface area contributed by atoms with Crippen LogP contribution in [-0.4, -0.2) is 23.8 Å². The molecule has 0 aliphatic carbocycles. The number of fused-ring (bicyclic) bond motifs is 1. The third-order valence-corrected chi connectivity index (χ3v) is 2.80. The number of aromatic nitrogens is 2. The summed E-state index contributed by atoms with van der Waals surface area (Å²) in [6.45, 7) is 1.91. The van der Waals surface area contributed by atoms with E-state index in [0.717, 1.165) is 16.9 Å². The Labute approximate surface area is 105 Å². The van der Waals surface area contributed by atoms with Gasteiger partial charge >= 0.3 is 0 Å². The lowest BCUT2D eigenvalue weighted by Gasteiger charge is -2.19. The summed E-state index contributed by atoms with van der Waals surface area (Å²) in [7, 11) is 3.91. The van der Waals surface area contributed by atoms with E-state index in [1.165, 1.54) is 0 Å². The maximum absolute atomic E-state index is 6.12. The lowest BCUT2D eigenvalue weighted by molar-refractivity contribution is 0.694. The van der Waals surface area contributed by atoms with Crippen molar-refractivity contribution in [2.45, 2.75) is 12.3 Å². The summed E-state index contributed by atoms with van der Waals surface area (Å²) in [6, 6.07) is 5.65. The first kappa shape index (κ1) is 11.6. The zero-order valence-electron chi connectivity index (χ0n) is 9.41. The van der Waals surface area contributed by atoms with E-state index >= 15 is 0 Å². The number of hydrogen-bond donors (Lipinski definition) is 0. The highest BCUT2D eigenvalue weighted by molar-refractivity contribution is 6.31. The molecule has 1 aromatic carbocycles. The van der Waals surface area contributed by atoms with Gasteiger partial charge in [-0.15, -0.1) is 11.6 Å². The molecule has 0 radical (unpaired) electrons. The first-order valence-corrected chi connectivity index (χ1v) is 5.81. The van der Waals surface area contributed by atoms with Crippen molar-refractivity contribution in [2.24, 2.45) is 0 Å². The predicted molar refractivity (Wildman–Crippen MR) is 69.1 cm³/mol. The molecule has 3 nitrogen and oxygen atoms in total. The molecule has 0 N–H and O–H groups in total. The van der Waals surface area contributed by atoms with Gasteiger partial charge in [-0.3, -0.25) is 0 Å². The summed E-state index contributed by atoms with van der Waals surface area (Å²) < 4.78 is 1.99. The minimum atomic E-state index is -0.145. The van der Waals surface area contributed by atoms with Crippen LogP contribution in [0, 0.1) is 0 Å². The van der Waals surface area contributed by atoms with E-state index in [1.54, 1.807) is 0 Å². The van der Waals surface area contributed by atoms with Crippen LogP contribution in [-0.2, 0) is 0 Å². The highest BCUT2D eigenvalue weighted by atomic mass is 35.5. The zero-order chi connectivity index (χ0) is 11.9. The van der Waals surface area contributed by atoms with Gasteiger partial charge in [-0.05, 0) is 25.1 Å². The third-order valence-electron chi connectivity index (χ3n) is 2.37. The molecule has 5 heteroatoms. The van der Waals surface area contributed by atoms with E-state index < -0.39 is 0 Å². The maximum Gasteiger partial charge on any atom is 0.146 e. The molecule has 1 aromatic heterocycles. The minimum absolute atomic E-state index is 0.145. The fourth-order valence-electron chi connectivity index (χ4n) is 1.74. The molecule has 0 amide bonds. The van der Waals surface area contributed by atoms with Crippen molar-refractivity contribution in [3.05, 3.63) is 29.0 Å². The van der Waals surface area contributed by atoms with Gasteiger partial charge in [-0.2, -0.15) is 0 Å². The summed E-state index contributed by atoms with van der Waals surface area (Å²) in [5.41, 5.74) is 1.88. The average molecular weight is 258 g/mol. The van der Waals surface area contributed by atoms with E-state index in [0.29, 0.717) is 5.02 Å². The second-order valence-electron chi connectivity index (χ2n) is 3.88. The standard InChI is InChI=1S/C11H13Cl2N3/c1-7(12)11-14-9-6-8(13)4-5-10(9)16(11)15(2)3/h4-7H,1-3H3. The fourth-order valence-corrected chi connectivity index (χ4v) is 2.04. The van der Waals surface area contributed by atoms with Gasteiger partial charge in [0.2, 0.25) is 0 Å². The number of alkyl halides is 1. The number of nitrogens with zero attached hydrogens (tertiary/aromatic N) is 3. The number of benzene rings is 1. The van der Waals surface area contributed by atoms with E-state index in [1.807, 2.05) is 48.9 Å². The number of rotatable bonds is 2. The van der Waals surface area contributed by atoms with Gasteiger partial charge in [0, 0.05) is 19.1 Å². The van der Waals surface area contributed by atoms with Gasteiger partial charge < -0.3 is 5.01 Å². The molecule has 2 aromatic rings. The molecule has 1 atom stereocenters. The Morgan fingerprint density at radius 3 is 2.62 bits per heavy atom. The maximum atomic E-state index is 6.12. The smallest absolute Gasteiger partial charge is 0.146 e. The van der Waals surface area contributed by atoms with Gasteiger partial charge in [0.1, 0.15) is 5.82 Å². The molecule has 0 aliphatic heterocycles. The second kappa shape index (κ2) is 4.15. The van der Waals surface area contributed by atoms with Crippen LogP contribution >= 0.6 is 23.2 Å². The summed E-state index contributed by atoms with van der Waals surface area (Å²) in [5.74, 6) is 0.823. The van der Waals surface area contributed by atoms with Crippen molar-refractivity contribution >= 4 is 34.2 Å². The first-order chi connectivity index (χ1) is 7.50. The van der Waals surface area contributed by atoms with Crippen molar-refractivity contribution in [1.29, 1.82) is 0 Å². The molecule has 0 saturated heterocycles. The van der Waals surface area contributed by atoms with Crippen molar-refractivity contribution in [3.8, 4) is 0 Å². The molecule has 1 heterocycles. The van der Waals surface area contributed by atoms with E-state index in [2.05, 4.69) is 4.98 Å². The molecule has 0 saturated carbocycles. The lowest BCUT2D eigenvalue weighted by atomic mass is 10.3. The largest absolute Gasteiger partial charge is 0.317 e. The molecule has 0 aliphatic rings. The summed E-state index contributed by atoms with van der Waals surface area (Å²) in [5, 5.41) is 2.50. The lowest BCUT2D eigenvalue weighted by Crippen LogP contribution is -2.26. The molecule has 0 fully saturated rings. The molecular formula is C11H13Cl2N3. The van der Waals surface area contributed by atoms with Crippen LogP contribution in [0.2, 0.25) is 5.02 Å². The summed E-state index contributed by atoms with van der Waals surface area (Å²) in [6.07, 6.45) is 0. The van der Waals surface area contributed by atoms with Gasteiger partial charge in [0.25, 0.3) is 0 Å². The van der Waals surface area contributed by atoms with Gasteiger partial charge in [-0.25, -0.2) is 9.66 Å². The molecule has 86 valence electrons. The van der Waals surface area contributed by atoms with Crippen molar-refractivity contribution in [3.63, 3.8) is 0 Å². The van der Waals surface area contributed by atoms with Gasteiger partial charge in [0.15, 0.2) is 0 Å². The fraction of sp³-hybridized carbons (Fsp3) is 0.364. The van der Waals surface area contributed by atoms with Crippen LogP contribution in [0.1, 0.15) is 18.1 Å². The van der Waals surface area contributed by atoms with E-state index in [-0.39, 0.29) is 5.38 Å². The summed E-state index contributed by atoms with van der Waals surface area (Å²) >= 11 is 12.1. The molecule has 0 bridgehead atoms. The quantitative estimate of drug-likeness (QED) is 0.771. The number of imidazole rings is 1. The van der Waals surface area contributed by atoms with Crippen LogP contribution in [0.25, 0.3) is 11.0 Å². The van der Waals surface area contributed by atoms with E-state index in [9.17, 15) is 0 Å². The van der Waals surface area contributed by atoms with Crippen LogP contribution in [0.5, 0.6) is 0 Å². The Morgan fingerprint density at radius 2 is 2.06 bits per heavy atom. The van der Waals surface area contributed by atoms with Crippen LogP contribution < -0.4 is 5.01 Å².